The maximum Gasteiger partial charge on any atom is 0.273 e. The first kappa shape index (κ1) is 19.8. The Bertz CT molecular complexity index is 1350. The topological polar surface area (TPSA) is 55.4 Å². The summed E-state index contributed by atoms with van der Waals surface area (Å²) in [5.41, 5.74) is 5.54. The lowest BCUT2D eigenvalue weighted by Crippen LogP contribution is -2.50. The van der Waals surface area contributed by atoms with Crippen molar-refractivity contribution >= 4 is 34.8 Å². The summed E-state index contributed by atoms with van der Waals surface area (Å²) in [6.45, 7) is 0. The molecule has 4 aromatic rings. The average Bonchev–Trinajstić information content (AvgIpc) is 3.33. The van der Waals surface area contributed by atoms with Gasteiger partial charge in [-0.15, -0.1) is 0 Å². The van der Waals surface area contributed by atoms with Gasteiger partial charge in [-0.3, -0.25) is 13.9 Å². The molecule has 1 aromatic carbocycles. The first-order valence-electron chi connectivity index (χ1n) is 10.8. The Morgan fingerprint density at radius 3 is 2.75 bits per heavy atom. The van der Waals surface area contributed by atoms with Crippen LogP contribution in [-0.4, -0.2) is 36.0 Å². The number of piperidine rings is 1. The number of imidazole rings is 1. The second-order valence-corrected chi connectivity index (χ2v) is 9.46. The zero-order chi connectivity index (χ0) is 22.0. The van der Waals surface area contributed by atoms with Crippen molar-refractivity contribution in [2.24, 2.45) is 7.05 Å². The molecule has 3 aromatic heterocycles. The van der Waals surface area contributed by atoms with Crippen molar-refractivity contribution < 1.29 is 4.79 Å². The van der Waals surface area contributed by atoms with E-state index in [0.717, 1.165) is 48.3 Å². The number of rotatable bonds is 2. The van der Waals surface area contributed by atoms with Crippen LogP contribution in [-0.2, 0) is 13.5 Å². The Labute approximate surface area is 195 Å². The predicted molar refractivity (Wildman–Crippen MR) is 124 cm³/mol. The highest BCUT2D eigenvalue weighted by Crippen LogP contribution is 2.45. The van der Waals surface area contributed by atoms with E-state index < -0.39 is 0 Å². The minimum atomic E-state index is -0.0473. The summed E-state index contributed by atoms with van der Waals surface area (Å²) in [6, 6.07) is 11.4. The van der Waals surface area contributed by atoms with Gasteiger partial charge in [-0.2, -0.15) is 5.10 Å². The van der Waals surface area contributed by atoms with Gasteiger partial charge in [-0.25, -0.2) is 4.98 Å². The van der Waals surface area contributed by atoms with Crippen LogP contribution in [0.4, 0.5) is 0 Å². The number of benzene rings is 1. The third-order valence-electron chi connectivity index (χ3n) is 6.68. The number of aryl methyl sites for hydroxylation is 1. The molecule has 8 heteroatoms. The number of nitrogens with zero attached hydrogens (tertiary/aromatic N) is 5. The molecule has 6 nitrogen and oxygen atoms in total. The van der Waals surface area contributed by atoms with Gasteiger partial charge in [0.2, 0.25) is 0 Å². The molecule has 162 valence electrons. The first-order valence-corrected chi connectivity index (χ1v) is 11.5. The molecule has 1 saturated heterocycles. The van der Waals surface area contributed by atoms with Gasteiger partial charge >= 0.3 is 0 Å². The molecule has 2 bridgehead atoms. The monoisotopic (exact) mass is 465 g/mol. The van der Waals surface area contributed by atoms with E-state index in [4.69, 9.17) is 28.3 Å². The molecule has 0 N–H and O–H groups in total. The van der Waals surface area contributed by atoms with Gasteiger partial charge < -0.3 is 4.90 Å². The average molecular weight is 466 g/mol. The molecule has 1 fully saturated rings. The van der Waals surface area contributed by atoms with Gasteiger partial charge in [0.05, 0.1) is 23.6 Å². The predicted octanol–water partition coefficient (Wildman–Crippen LogP) is 5.33. The molecule has 2 aliphatic heterocycles. The van der Waals surface area contributed by atoms with Crippen LogP contribution in [0.15, 0.2) is 48.8 Å². The van der Waals surface area contributed by atoms with Crippen LogP contribution in [0, 0.1) is 0 Å². The molecule has 32 heavy (non-hydrogen) atoms. The zero-order valence-corrected chi connectivity index (χ0v) is 19.0. The third kappa shape index (κ3) is 2.97. The number of amides is 1. The molecule has 0 spiro atoms. The lowest BCUT2D eigenvalue weighted by Gasteiger charge is -2.45. The number of halogens is 2. The highest BCUT2D eigenvalue weighted by atomic mass is 35.5. The van der Waals surface area contributed by atoms with Gasteiger partial charge in [0.1, 0.15) is 11.3 Å². The maximum atomic E-state index is 13.7. The Morgan fingerprint density at radius 2 is 1.94 bits per heavy atom. The largest absolute Gasteiger partial charge is 0.325 e. The van der Waals surface area contributed by atoms with Gasteiger partial charge in [-0.05, 0) is 56.0 Å². The van der Waals surface area contributed by atoms with Crippen LogP contribution in [0.5, 0.6) is 0 Å². The first-order chi connectivity index (χ1) is 15.5. The number of hydrogen-bond acceptors (Lipinski definition) is 3. The minimum Gasteiger partial charge on any atom is -0.325 e. The van der Waals surface area contributed by atoms with Crippen molar-refractivity contribution in [1.29, 1.82) is 0 Å². The third-order valence-corrected chi connectivity index (χ3v) is 7.12. The van der Waals surface area contributed by atoms with E-state index in [2.05, 4.69) is 4.98 Å². The number of hydrogen-bond donors (Lipinski definition) is 0. The number of carbonyl (C=O) groups excluding carboxylic acids is 1. The lowest BCUT2D eigenvalue weighted by molar-refractivity contribution is 0.0385. The van der Waals surface area contributed by atoms with Gasteiger partial charge in [0.15, 0.2) is 0 Å². The number of aromatic nitrogens is 4. The Balaban J connectivity index is 1.45. The highest BCUT2D eigenvalue weighted by molar-refractivity contribution is 6.35. The molecular weight excluding hydrogens is 445 g/mol. The fourth-order valence-electron chi connectivity index (χ4n) is 5.42. The Kier molecular flexibility index (Phi) is 4.56. The molecule has 0 radical (unpaired) electrons. The van der Waals surface area contributed by atoms with E-state index in [1.165, 1.54) is 5.56 Å². The summed E-state index contributed by atoms with van der Waals surface area (Å²) in [6.07, 6.45) is 7.30. The van der Waals surface area contributed by atoms with Crippen LogP contribution >= 0.6 is 23.2 Å². The quantitative estimate of drug-likeness (QED) is 0.401. The molecule has 0 saturated carbocycles. The summed E-state index contributed by atoms with van der Waals surface area (Å²) >= 11 is 12.6. The van der Waals surface area contributed by atoms with Gasteiger partial charge in [-0.1, -0.05) is 29.3 Å². The molecule has 1 amide bonds. The molecule has 2 aliphatic rings. The molecule has 6 rings (SSSR count). The summed E-state index contributed by atoms with van der Waals surface area (Å²) in [7, 11) is 1.95. The van der Waals surface area contributed by atoms with Crippen molar-refractivity contribution in [3.63, 3.8) is 0 Å². The van der Waals surface area contributed by atoms with Crippen LogP contribution < -0.4 is 0 Å². The Morgan fingerprint density at radius 1 is 1.12 bits per heavy atom. The standard InChI is InChI=1S/C24H21Cl2N5O/c1-29-23(14-9-15(25)11-16(26)10-14)18-12-17-5-4-6-19(22(18)28-29)31(17)24(32)20-13-27-21-7-2-3-8-30(20)21/h2-3,7-11,13,17,19H,4-6,12H2,1H3. The second-order valence-electron chi connectivity index (χ2n) is 8.58. The summed E-state index contributed by atoms with van der Waals surface area (Å²) in [5.74, 6) is 0.0158. The van der Waals surface area contributed by atoms with Crippen molar-refractivity contribution in [1.82, 2.24) is 24.1 Å². The fraction of sp³-hybridized carbons (Fsp3) is 0.292. The van der Waals surface area contributed by atoms with E-state index in [9.17, 15) is 4.79 Å². The smallest absolute Gasteiger partial charge is 0.273 e. The van der Waals surface area contributed by atoms with Crippen LogP contribution in [0.3, 0.4) is 0 Å². The second kappa shape index (κ2) is 7.36. The zero-order valence-electron chi connectivity index (χ0n) is 17.5. The molecule has 5 heterocycles. The van der Waals surface area contributed by atoms with Crippen LogP contribution in [0.2, 0.25) is 10.0 Å². The summed E-state index contributed by atoms with van der Waals surface area (Å²) in [4.78, 5) is 20.2. The van der Waals surface area contributed by atoms with E-state index in [1.54, 1.807) is 12.3 Å². The molecule has 0 aliphatic carbocycles. The lowest BCUT2D eigenvalue weighted by atomic mass is 9.81. The van der Waals surface area contributed by atoms with Crippen molar-refractivity contribution in [2.75, 3.05) is 0 Å². The van der Waals surface area contributed by atoms with Crippen LogP contribution in [0.25, 0.3) is 16.9 Å². The number of pyridine rings is 1. The molecule has 2 unspecified atom stereocenters. The normalized spacial score (nSPS) is 19.9. The van der Waals surface area contributed by atoms with E-state index in [-0.39, 0.29) is 18.0 Å². The van der Waals surface area contributed by atoms with Gasteiger partial charge in [0, 0.05) is 40.5 Å². The minimum absolute atomic E-state index is 0.0158. The van der Waals surface area contributed by atoms with E-state index in [1.807, 2.05) is 57.6 Å². The highest BCUT2D eigenvalue weighted by Gasteiger charge is 2.44. The van der Waals surface area contributed by atoms with E-state index >= 15 is 0 Å². The van der Waals surface area contributed by atoms with Gasteiger partial charge in [0.25, 0.3) is 5.91 Å². The maximum absolute atomic E-state index is 13.7. The van der Waals surface area contributed by atoms with Crippen LogP contribution in [0.1, 0.15) is 47.1 Å². The fourth-order valence-corrected chi connectivity index (χ4v) is 5.95. The molecule has 2 atom stereocenters. The Hall–Kier alpha value is -2.83. The number of fused-ring (bicyclic) bond motifs is 5. The molecular formula is C24H21Cl2N5O. The summed E-state index contributed by atoms with van der Waals surface area (Å²) in [5, 5.41) is 6.10. The number of carbonyl (C=O) groups is 1. The van der Waals surface area contributed by atoms with E-state index in [0.29, 0.717) is 15.7 Å². The SMILES string of the molecule is Cn1nc2c(c1-c1cc(Cl)cc(Cl)c1)CC1CCCC2N1C(=O)c1cnc2ccccn12. The summed E-state index contributed by atoms with van der Waals surface area (Å²) < 4.78 is 3.77. The van der Waals surface area contributed by atoms with Crippen molar-refractivity contribution in [2.45, 2.75) is 37.8 Å². The van der Waals surface area contributed by atoms with Crippen molar-refractivity contribution in [3.05, 3.63) is 75.8 Å². The van der Waals surface area contributed by atoms with Crippen molar-refractivity contribution in [3.8, 4) is 11.3 Å².